The van der Waals surface area contributed by atoms with Crippen LogP contribution in [0.5, 0.6) is 0 Å². The molecule has 7 rings (SSSR count). The minimum absolute atomic E-state index is 0.142. The molecule has 0 saturated carbocycles. The van der Waals surface area contributed by atoms with E-state index in [9.17, 15) is 0 Å². The average molecular weight is 523 g/mol. The van der Waals surface area contributed by atoms with Gasteiger partial charge in [0.1, 0.15) is 0 Å². The minimum atomic E-state index is 0.142. The van der Waals surface area contributed by atoms with Crippen LogP contribution in [-0.4, -0.2) is 69.3 Å². The summed E-state index contributed by atoms with van der Waals surface area (Å²) in [6.45, 7) is 11.3. The van der Waals surface area contributed by atoms with Gasteiger partial charge in [0.2, 0.25) is 5.95 Å². The van der Waals surface area contributed by atoms with Crippen LogP contribution < -0.4 is 9.80 Å². The van der Waals surface area contributed by atoms with E-state index in [1.54, 1.807) is 0 Å². The molecule has 1 unspecified atom stereocenters. The number of rotatable bonds is 5. The van der Waals surface area contributed by atoms with Crippen LogP contribution in [0.2, 0.25) is 0 Å². The summed E-state index contributed by atoms with van der Waals surface area (Å²) in [6.07, 6.45) is 10.4. The Morgan fingerprint density at radius 2 is 1.79 bits per heavy atom. The van der Waals surface area contributed by atoms with Gasteiger partial charge >= 0.3 is 0 Å². The first-order valence-corrected chi connectivity index (χ1v) is 14.6. The normalized spacial score (nSPS) is 22.0. The van der Waals surface area contributed by atoms with E-state index < -0.39 is 0 Å². The third-order valence-corrected chi connectivity index (χ3v) is 9.09. The Bertz CT molecular complexity index is 1460. The van der Waals surface area contributed by atoms with E-state index in [4.69, 9.17) is 9.97 Å². The molecule has 0 amide bonds. The summed E-state index contributed by atoms with van der Waals surface area (Å²) in [7, 11) is 0. The summed E-state index contributed by atoms with van der Waals surface area (Å²) >= 11 is 0. The standard InChI is InChI=1S/C31H38N8/c1-21-8-4-5-9-25(21)28-16-26-29-22(2)39(15-11-27(29)34-30(26)36-35-28)31-32-17-24(18-33-31)38-14-10-23(20-38)19-37-12-6-3-7-13-37/h4-5,8-9,16-18,22-23H,3,6-7,10-15,19-20H2,1-2H3,(H,34,36)/t22-,23?/m1/s1. The predicted octanol–water partition coefficient (Wildman–Crippen LogP) is 5.16. The Hall–Kier alpha value is -3.52. The molecule has 3 aliphatic heterocycles. The minimum Gasteiger partial charge on any atom is -0.369 e. The van der Waals surface area contributed by atoms with Crippen LogP contribution in [0.25, 0.3) is 22.3 Å². The highest BCUT2D eigenvalue weighted by molar-refractivity contribution is 5.86. The molecule has 4 aromatic rings. The lowest BCUT2D eigenvalue weighted by atomic mass is 9.97. The molecule has 39 heavy (non-hydrogen) atoms. The number of piperidine rings is 1. The van der Waals surface area contributed by atoms with Gasteiger partial charge in [0.15, 0.2) is 5.65 Å². The van der Waals surface area contributed by atoms with Gasteiger partial charge in [0, 0.05) is 54.8 Å². The lowest BCUT2D eigenvalue weighted by Gasteiger charge is -2.34. The zero-order chi connectivity index (χ0) is 26.3. The predicted molar refractivity (Wildman–Crippen MR) is 156 cm³/mol. The number of nitrogens with zero attached hydrogens (tertiary/aromatic N) is 7. The van der Waals surface area contributed by atoms with Crippen LogP contribution in [0.1, 0.15) is 55.5 Å². The lowest BCUT2D eigenvalue weighted by molar-refractivity contribution is 0.201. The van der Waals surface area contributed by atoms with Crippen LogP contribution in [0, 0.1) is 12.8 Å². The number of hydrogen-bond acceptors (Lipinski definition) is 7. The fraction of sp³-hybridized carbons (Fsp3) is 0.484. The van der Waals surface area contributed by atoms with E-state index in [1.165, 1.54) is 62.1 Å². The van der Waals surface area contributed by atoms with Crippen molar-refractivity contribution in [3.05, 3.63) is 59.5 Å². The highest BCUT2D eigenvalue weighted by Gasteiger charge is 2.31. The number of hydrogen-bond donors (Lipinski definition) is 1. The molecule has 2 fully saturated rings. The molecule has 1 N–H and O–H groups in total. The molecule has 0 bridgehead atoms. The van der Waals surface area contributed by atoms with E-state index in [2.05, 4.69) is 74.1 Å². The summed E-state index contributed by atoms with van der Waals surface area (Å²) < 4.78 is 0. The van der Waals surface area contributed by atoms with Crippen LogP contribution in [-0.2, 0) is 6.42 Å². The number of aromatic nitrogens is 5. The van der Waals surface area contributed by atoms with Crippen molar-refractivity contribution in [2.24, 2.45) is 5.92 Å². The molecule has 2 atom stereocenters. The summed E-state index contributed by atoms with van der Waals surface area (Å²) in [5.74, 6) is 1.55. The molecule has 3 aliphatic rings. The van der Waals surface area contributed by atoms with E-state index in [1.807, 2.05) is 12.4 Å². The highest BCUT2D eigenvalue weighted by atomic mass is 15.3. The van der Waals surface area contributed by atoms with Gasteiger partial charge in [-0.3, -0.25) is 0 Å². The van der Waals surface area contributed by atoms with Crippen LogP contribution in [0.4, 0.5) is 11.6 Å². The van der Waals surface area contributed by atoms with Gasteiger partial charge in [-0.15, -0.1) is 10.2 Å². The monoisotopic (exact) mass is 522 g/mol. The Kier molecular flexibility index (Phi) is 6.43. The maximum atomic E-state index is 4.88. The summed E-state index contributed by atoms with van der Waals surface area (Å²) in [5.41, 5.74) is 7.78. The van der Waals surface area contributed by atoms with Crippen molar-refractivity contribution < 1.29 is 0 Å². The van der Waals surface area contributed by atoms with E-state index in [0.717, 1.165) is 65.9 Å². The number of anilines is 2. The maximum absolute atomic E-state index is 4.88. The van der Waals surface area contributed by atoms with Crippen molar-refractivity contribution in [2.45, 2.75) is 52.0 Å². The van der Waals surface area contributed by atoms with Crippen molar-refractivity contribution in [1.82, 2.24) is 30.0 Å². The number of H-pyrrole nitrogens is 1. The molecule has 8 nitrogen and oxygen atoms in total. The second-order valence-corrected chi connectivity index (χ2v) is 11.6. The Morgan fingerprint density at radius 1 is 0.974 bits per heavy atom. The highest BCUT2D eigenvalue weighted by Crippen LogP contribution is 2.38. The zero-order valence-corrected chi connectivity index (χ0v) is 23.1. The second kappa shape index (κ2) is 10.2. The van der Waals surface area contributed by atoms with Crippen LogP contribution in [0.3, 0.4) is 0 Å². The first-order chi connectivity index (χ1) is 19.1. The van der Waals surface area contributed by atoms with E-state index in [-0.39, 0.29) is 6.04 Å². The molecule has 0 aliphatic carbocycles. The molecule has 3 aromatic heterocycles. The van der Waals surface area contributed by atoms with Gasteiger partial charge < -0.3 is 19.7 Å². The van der Waals surface area contributed by atoms with Crippen LogP contribution >= 0.6 is 0 Å². The number of aryl methyl sites for hydroxylation is 1. The van der Waals surface area contributed by atoms with Crippen molar-refractivity contribution in [1.29, 1.82) is 0 Å². The molecule has 202 valence electrons. The van der Waals surface area contributed by atoms with Gasteiger partial charge in [-0.05, 0) is 63.7 Å². The summed E-state index contributed by atoms with van der Waals surface area (Å²) in [4.78, 5) is 20.8. The second-order valence-electron chi connectivity index (χ2n) is 11.6. The van der Waals surface area contributed by atoms with Gasteiger partial charge in [0.05, 0.1) is 29.8 Å². The number of fused-ring (bicyclic) bond motifs is 3. The Balaban J connectivity index is 1.09. The Morgan fingerprint density at radius 3 is 2.62 bits per heavy atom. The molecule has 2 saturated heterocycles. The number of benzene rings is 1. The molecular formula is C31H38N8. The molecule has 0 spiro atoms. The van der Waals surface area contributed by atoms with E-state index >= 15 is 0 Å². The average Bonchev–Trinajstić information content (AvgIpc) is 3.59. The fourth-order valence-corrected chi connectivity index (χ4v) is 6.93. The van der Waals surface area contributed by atoms with Crippen LogP contribution in [0.15, 0.2) is 42.7 Å². The topological polar surface area (TPSA) is 77.1 Å². The Labute approximate surface area is 230 Å². The first kappa shape index (κ1) is 24.5. The number of nitrogens with one attached hydrogen (secondary N) is 1. The van der Waals surface area contributed by atoms with Gasteiger partial charge in [0.25, 0.3) is 0 Å². The van der Waals surface area contributed by atoms with Crippen molar-refractivity contribution >= 4 is 22.7 Å². The number of aromatic amines is 1. The van der Waals surface area contributed by atoms with Gasteiger partial charge in [-0.2, -0.15) is 0 Å². The number of likely N-dealkylation sites (tertiary alicyclic amines) is 1. The van der Waals surface area contributed by atoms with E-state index in [0.29, 0.717) is 0 Å². The zero-order valence-electron chi connectivity index (χ0n) is 23.1. The summed E-state index contributed by atoms with van der Waals surface area (Å²) in [5, 5.41) is 10.3. The van der Waals surface area contributed by atoms with Crippen molar-refractivity contribution in [3.8, 4) is 11.3 Å². The first-order valence-electron chi connectivity index (χ1n) is 14.6. The van der Waals surface area contributed by atoms with Gasteiger partial charge in [-0.1, -0.05) is 30.7 Å². The van der Waals surface area contributed by atoms with Gasteiger partial charge in [-0.25, -0.2) is 9.97 Å². The molecule has 0 radical (unpaired) electrons. The third kappa shape index (κ3) is 4.65. The SMILES string of the molecule is Cc1ccccc1-c1cc2c3c([nH]c2nn1)CCN(c1ncc(N2CCC(CN4CCCCC4)C2)cn1)[C@@H]3C. The quantitative estimate of drug-likeness (QED) is 0.388. The molecular weight excluding hydrogens is 484 g/mol. The third-order valence-electron chi connectivity index (χ3n) is 9.09. The maximum Gasteiger partial charge on any atom is 0.225 e. The largest absolute Gasteiger partial charge is 0.369 e. The molecule has 6 heterocycles. The smallest absolute Gasteiger partial charge is 0.225 e. The lowest BCUT2D eigenvalue weighted by Crippen LogP contribution is -2.35. The fourth-order valence-electron chi connectivity index (χ4n) is 6.93. The van der Waals surface area contributed by atoms with Crippen molar-refractivity contribution in [3.63, 3.8) is 0 Å². The molecule has 1 aromatic carbocycles. The van der Waals surface area contributed by atoms with Crippen molar-refractivity contribution in [2.75, 3.05) is 49.1 Å². The molecule has 8 heteroatoms. The summed E-state index contributed by atoms with van der Waals surface area (Å²) in [6, 6.07) is 10.7.